The third-order valence-corrected chi connectivity index (χ3v) is 7.53. The topological polar surface area (TPSA) is 99.5 Å². The van der Waals surface area contributed by atoms with Gasteiger partial charge >= 0.3 is 0 Å². The normalized spacial score (nSPS) is 16.1. The fourth-order valence-electron chi connectivity index (χ4n) is 5.46. The monoisotopic (exact) mass is 538 g/mol. The van der Waals surface area contributed by atoms with Crippen molar-refractivity contribution >= 4 is 33.4 Å². The van der Waals surface area contributed by atoms with Crippen LogP contribution >= 0.6 is 0 Å². The maximum Gasteiger partial charge on any atom is 0.272 e. The number of para-hydroxylation sites is 1. The minimum atomic E-state index is -0.593. The molecule has 1 aliphatic rings. The molecule has 3 aromatic carbocycles. The summed E-state index contributed by atoms with van der Waals surface area (Å²) in [4.78, 5) is 42.3. The van der Waals surface area contributed by atoms with Gasteiger partial charge in [0.25, 0.3) is 11.5 Å². The summed E-state index contributed by atoms with van der Waals surface area (Å²) < 4.78 is 20.4. The van der Waals surface area contributed by atoms with E-state index in [1.54, 1.807) is 29.2 Å². The van der Waals surface area contributed by atoms with E-state index < -0.39 is 11.7 Å². The molecule has 0 saturated carbocycles. The van der Waals surface area contributed by atoms with Gasteiger partial charge in [0.05, 0.1) is 28.8 Å². The first-order chi connectivity index (χ1) is 19.4. The Morgan fingerprint density at radius 3 is 2.55 bits per heavy atom. The molecule has 1 atom stereocenters. The van der Waals surface area contributed by atoms with Crippen molar-refractivity contribution in [2.24, 2.45) is 0 Å². The molecule has 5 aromatic rings. The Morgan fingerprint density at radius 1 is 1.00 bits per heavy atom. The molecule has 0 bridgehead atoms. The predicted octanol–water partition coefficient (Wildman–Crippen LogP) is 4.43. The minimum Gasteiger partial charge on any atom is -0.464 e. The number of H-pyrrole nitrogens is 1. The van der Waals surface area contributed by atoms with E-state index >= 15 is 0 Å². The van der Waals surface area contributed by atoms with E-state index in [4.69, 9.17) is 4.42 Å². The first kappa shape index (κ1) is 25.6. The molecule has 1 aliphatic heterocycles. The van der Waals surface area contributed by atoms with Crippen molar-refractivity contribution in [3.05, 3.63) is 112 Å². The van der Waals surface area contributed by atoms with Gasteiger partial charge in [0.1, 0.15) is 17.7 Å². The summed E-state index contributed by atoms with van der Waals surface area (Å²) in [6.45, 7) is 3.46. The lowest BCUT2D eigenvalue weighted by atomic mass is 10.0. The van der Waals surface area contributed by atoms with Gasteiger partial charge in [0.2, 0.25) is 0 Å². The van der Waals surface area contributed by atoms with Gasteiger partial charge in [-0.15, -0.1) is 0 Å². The van der Waals surface area contributed by atoms with Gasteiger partial charge in [0, 0.05) is 42.9 Å². The molecule has 0 radical (unpaired) electrons. The van der Waals surface area contributed by atoms with Crippen molar-refractivity contribution < 1.29 is 18.4 Å². The molecule has 1 unspecified atom stereocenters. The lowest BCUT2D eigenvalue weighted by Gasteiger charge is -2.39. The Kier molecular flexibility index (Phi) is 6.73. The van der Waals surface area contributed by atoms with E-state index in [2.05, 4.69) is 10.2 Å². The highest BCUT2D eigenvalue weighted by molar-refractivity contribution is 6.08. The van der Waals surface area contributed by atoms with Gasteiger partial charge in [-0.1, -0.05) is 42.5 Å². The van der Waals surface area contributed by atoms with Crippen LogP contribution in [-0.4, -0.2) is 63.9 Å². The van der Waals surface area contributed by atoms with Gasteiger partial charge < -0.3 is 9.32 Å². The second kappa shape index (κ2) is 10.5. The molecule has 0 aliphatic carbocycles. The smallest absolute Gasteiger partial charge is 0.272 e. The quantitative estimate of drug-likeness (QED) is 0.321. The van der Waals surface area contributed by atoms with Crippen LogP contribution in [0.5, 0.6) is 0 Å². The van der Waals surface area contributed by atoms with Crippen molar-refractivity contribution in [3.63, 3.8) is 0 Å². The number of aromatic nitrogens is 2. The molecule has 6 rings (SSSR count). The number of aromatic amines is 1. The number of piperazine rings is 1. The molecule has 3 heterocycles. The number of carbonyl (C=O) groups excluding carboxylic acids is 2. The van der Waals surface area contributed by atoms with Crippen LogP contribution in [0.15, 0.2) is 82.2 Å². The van der Waals surface area contributed by atoms with Crippen LogP contribution in [0.25, 0.3) is 21.7 Å². The average molecular weight is 539 g/mol. The Morgan fingerprint density at radius 2 is 1.75 bits per heavy atom. The summed E-state index contributed by atoms with van der Waals surface area (Å²) in [5.74, 6) is -1.03. The zero-order valence-corrected chi connectivity index (χ0v) is 21.9. The number of Topliss-reactive ketones (excluding diaryl/α,β-unsaturated/α-hetero) is 1. The third kappa shape index (κ3) is 4.80. The lowest BCUT2D eigenvalue weighted by Crippen LogP contribution is -2.55. The van der Waals surface area contributed by atoms with Crippen LogP contribution in [0.1, 0.15) is 38.9 Å². The van der Waals surface area contributed by atoms with E-state index in [1.165, 1.54) is 12.3 Å². The Bertz CT molecular complexity index is 1810. The number of rotatable bonds is 6. The highest BCUT2D eigenvalue weighted by Crippen LogP contribution is 2.23. The van der Waals surface area contributed by atoms with Gasteiger partial charge in [-0.2, -0.15) is 5.10 Å². The van der Waals surface area contributed by atoms with Crippen molar-refractivity contribution in [3.8, 4) is 0 Å². The van der Waals surface area contributed by atoms with Gasteiger partial charge in [-0.05, 0) is 36.8 Å². The first-order valence-electron chi connectivity index (χ1n) is 13.2. The van der Waals surface area contributed by atoms with E-state index in [0.717, 1.165) is 5.39 Å². The summed E-state index contributed by atoms with van der Waals surface area (Å²) in [6, 6.07) is 18.8. The molecule has 1 saturated heterocycles. The maximum absolute atomic E-state index is 14.9. The van der Waals surface area contributed by atoms with Crippen molar-refractivity contribution in [1.82, 2.24) is 20.0 Å². The number of fused-ring (bicyclic) bond motifs is 2. The number of hydrogen-bond acceptors (Lipinski definition) is 6. The molecular formula is C31H27FN4O4. The molecule has 1 amide bonds. The number of furan rings is 1. The van der Waals surface area contributed by atoms with E-state index in [1.807, 2.05) is 48.2 Å². The van der Waals surface area contributed by atoms with Gasteiger partial charge in [0.15, 0.2) is 5.78 Å². The number of hydrogen-bond donors (Lipinski definition) is 1. The second-order valence-corrected chi connectivity index (χ2v) is 10.2. The molecule has 2 aromatic heterocycles. The fraction of sp³-hybridized carbons (Fsp3) is 0.226. The molecule has 8 nitrogen and oxygen atoms in total. The standard InChI is InChI=1S/C31H27FN4O4/c1-19-16-35(17-28(37)25-18-40-29-9-5-4-7-22(25)29)12-13-36(19)31(39)24-14-20(10-11-26(24)32)15-27-21-6-2-3-8-23(21)30(38)34-33-27/h2-11,14,18-19H,12-13,15-17H2,1H3,(H,34,38). The van der Waals surface area contributed by atoms with Crippen molar-refractivity contribution in [1.29, 1.82) is 0 Å². The number of ketones is 1. The predicted molar refractivity (Wildman–Crippen MR) is 149 cm³/mol. The molecule has 40 heavy (non-hydrogen) atoms. The van der Waals surface area contributed by atoms with Crippen LogP contribution in [0.3, 0.4) is 0 Å². The zero-order valence-electron chi connectivity index (χ0n) is 21.9. The van der Waals surface area contributed by atoms with Crippen molar-refractivity contribution in [2.45, 2.75) is 19.4 Å². The van der Waals surface area contributed by atoms with E-state index in [0.29, 0.717) is 59.2 Å². The van der Waals surface area contributed by atoms with E-state index in [9.17, 15) is 18.8 Å². The summed E-state index contributed by atoms with van der Waals surface area (Å²) in [5.41, 5.74) is 2.28. The summed E-state index contributed by atoms with van der Waals surface area (Å²) in [6.07, 6.45) is 1.82. The first-order valence-corrected chi connectivity index (χ1v) is 13.2. The highest BCUT2D eigenvalue weighted by Gasteiger charge is 2.31. The second-order valence-electron chi connectivity index (χ2n) is 10.2. The number of halogens is 1. The van der Waals surface area contributed by atoms with Crippen LogP contribution in [-0.2, 0) is 6.42 Å². The highest BCUT2D eigenvalue weighted by atomic mass is 19.1. The largest absolute Gasteiger partial charge is 0.464 e. The molecule has 202 valence electrons. The zero-order chi connectivity index (χ0) is 27.8. The number of carbonyl (C=O) groups is 2. The number of benzene rings is 3. The van der Waals surface area contributed by atoms with Crippen LogP contribution in [0.4, 0.5) is 4.39 Å². The van der Waals surface area contributed by atoms with Crippen LogP contribution < -0.4 is 5.56 Å². The Labute approximate surface area is 229 Å². The number of nitrogens with zero attached hydrogens (tertiary/aromatic N) is 3. The average Bonchev–Trinajstić information content (AvgIpc) is 3.40. The lowest BCUT2D eigenvalue weighted by molar-refractivity contribution is 0.0479. The summed E-state index contributed by atoms with van der Waals surface area (Å²) >= 11 is 0. The minimum absolute atomic E-state index is 0.00697. The van der Waals surface area contributed by atoms with Gasteiger partial charge in [-0.25, -0.2) is 9.49 Å². The Hall–Kier alpha value is -4.63. The third-order valence-electron chi connectivity index (χ3n) is 7.53. The SMILES string of the molecule is CC1CN(CC(=O)c2coc3ccccc23)CCN1C(=O)c1cc(Cc2n[nH]c(=O)c3ccccc23)ccc1F. The maximum atomic E-state index is 14.9. The Balaban J connectivity index is 1.16. The van der Waals surface area contributed by atoms with Crippen LogP contribution in [0, 0.1) is 5.82 Å². The molecular weight excluding hydrogens is 511 g/mol. The summed E-state index contributed by atoms with van der Waals surface area (Å²) in [7, 11) is 0. The molecule has 1 fully saturated rings. The van der Waals surface area contributed by atoms with Crippen LogP contribution in [0.2, 0.25) is 0 Å². The number of amides is 1. The molecule has 9 heteroatoms. The van der Waals surface area contributed by atoms with Crippen molar-refractivity contribution in [2.75, 3.05) is 26.2 Å². The van der Waals surface area contributed by atoms with E-state index in [-0.39, 0.29) is 29.5 Å². The summed E-state index contributed by atoms with van der Waals surface area (Å²) in [5, 5.41) is 8.74. The van der Waals surface area contributed by atoms with Gasteiger partial charge in [-0.3, -0.25) is 19.3 Å². The number of nitrogens with one attached hydrogen (secondary N) is 1. The molecule has 1 N–H and O–H groups in total. The fourth-order valence-corrected chi connectivity index (χ4v) is 5.46. The molecule has 0 spiro atoms.